The number of hydrogen-bond acceptors (Lipinski definition) is 5. The second-order valence-electron chi connectivity index (χ2n) is 5.51. The summed E-state index contributed by atoms with van der Waals surface area (Å²) < 4.78 is 5.53. The summed E-state index contributed by atoms with van der Waals surface area (Å²) in [4.78, 5) is 9.41. The van der Waals surface area contributed by atoms with Crippen molar-refractivity contribution in [3.63, 3.8) is 0 Å². The van der Waals surface area contributed by atoms with Crippen LogP contribution in [0.15, 0.2) is 40.8 Å². The van der Waals surface area contributed by atoms with Crippen LogP contribution >= 0.6 is 46.9 Å². The van der Waals surface area contributed by atoms with Crippen molar-refractivity contribution in [3.05, 3.63) is 45.7 Å². The molecule has 2 heterocycles. The highest BCUT2D eigenvalue weighted by Gasteiger charge is 2.23. The predicted molar refractivity (Wildman–Crippen MR) is 118 cm³/mol. The zero-order chi connectivity index (χ0) is 18.1. The van der Waals surface area contributed by atoms with E-state index in [9.17, 15) is 5.11 Å². The van der Waals surface area contributed by atoms with Crippen molar-refractivity contribution in [1.29, 1.82) is 0 Å². The van der Waals surface area contributed by atoms with Gasteiger partial charge in [0.1, 0.15) is 17.2 Å². The lowest BCUT2D eigenvalue weighted by Gasteiger charge is -2.20. The maximum atomic E-state index is 10.5. The van der Waals surface area contributed by atoms with Crippen molar-refractivity contribution in [3.8, 4) is 5.88 Å². The van der Waals surface area contributed by atoms with Gasteiger partial charge in [-0.3, -0.25) is 0 Å². The molecule has 1 atom stereocenters. The molecule has 0 saturated carbocycles. The van der Waals surface area contributed by atoms with Gasteiger partial charge in [-0.15, -0.1) is 35.3 Å². The number of ether oxygens (including phenoxy) is 1. The van der Waals surface area contributed by atoms with Crippen molar-refractivity contribution in [1.82, 2.24) is 15.6 Å². The Labute approximate surface area is 180 Å². The maximum Gasteiger partial charge on any atom is 0.232 e. The molecule has 2 aromatic heterocycles. The highest BCUT2D eigenvalue weighted by Crippen LogP contribution is 2.25. The highest BCUT2D eigenvalue weighted by atomic mass is 127. The number of aromatic nitrogens is 1. The Morgan fingerprint density at radius 2 is 2.19 bits per heavy atom. The summed E-state index contributed by atoms with van der Waals surface area (Å²) in [6.07, 6.45) is 1.63. The first-order valence-electron chi connectivity index (χ1n) is 8.05. The molecule has 0 radical (unpaired) electrons. The molecule has 0 aliphatic heterocycles. The van der Waals surface area contributed by atoms with E-state index >= 15 is 0 Å². The Balaban J connectivity index is 0.00000338. The molecule has 9 heteroatoms. The fourth-order valence-electron chi connectivity index (χ4n) is 2.03. The molecule has 0 spiro atoms. The molecule has 2 rings (SSSR count). The average molecular weight is 511 g/mol. The number of aliphatic imine (C=N–C) groups is 1. The number of nitrogens with one attached hydrogen (secondary N) is 2. The van der Waals surface area contributed by atoms with E-state index in [1.54, 1.807) is 25.3 Å². The van der Waals surface area contributed by atoms with Crippen molar-refractivity contribution in [2.24, 2.45) is 4.99 Å². The minimum Gasteiger partial charge on any atom is -0.475 e. The molecule has 0 aromatic carbocycles. The third kappa shape index (κ3) is 7.26. The number of aliphatic hydroxyl groups is 1. The predicted octanol–water partition coefficient (Wildman–Crippen LogP) is 3.26. The van der Waals surface area contributed by atoms with Gasteiger partial charge in [-0.2, -0.15) is 0 Å². The summed E-state index contributed by atoms with van der Waals surface area (Å²) >= 11 is 7.51. The van der Waals surface area contributed by atoms with Crippen LogP contribution in [0.2, 0.25) is 5.02 Å². The zero-order valence-electron chi connectivity index (χ0n) is 14.7. The van der Waals surface area contributed by atoms with E-state index in [-0.39, 0.29) is 30.5 Å². The SMILES string of the molecule is CCNC(=NCC(C)(O)c1cccs1)NCCOc1ncccc1Cl.I. The number of halogens is 2. The molecule has 1 unspecified atom stereocenters. The summed E-state index contributed by atoms with van der Waals surface area (Å²) in [5.74, 6) is 1.03. The zero-order valence-corrected chi connectivity index (χ0v) is 18.6. The second-order valence-corrected chi connectivity index (χ2v) is 6.87. The third-order valence-electron chi connectivity index (χ3n) is 3.30. The van der Waals surface area contributed by atoms with Crippen LogP contribution in [0.1, 0.15) is 18.7 Å². The van der Waals surface area contributed by atoms with Crippen LogP contribution in [-0.4, -0.2) is 42.3 Å². The number of guanidine groups is 1. The van der Waals surface area contributed by atoms with E-state index < -0.39 is 5.60 Å². The van der Waals surface area contributed by atoms with Gasteiger partial charge in [-0.1, -0.05) is 17.7 Å². The number of nitrogens with zero attached hydrogens (tertiary/aromatic N) is 2. The topological polar surface area (TPSA) is 78.8 Å². The van der Waals surface area contributed by atoms with Gasteiger partial charge in [0, 0.05) is 17.6 Å². The third-order valence-corrected chi connectivity index (χ3v) is 4.71. The van der Waals surface area contributed by atoms with Crippen LogP contribution in [0.3, 0.4) is 0 Å². The van der Waals surface area contributed by atoms with Crippen LogP contribution in [-0.2, 0) is 5.60 Å². The van der Waals surface area contributed by atoms with E-state index in [2.05, 4.69) is 20.6 Å². The van der Waals surface area contributed by atoms with E-state index in [0.717, 1.165) is 11.4 Å². The maximum absolute atomic E-state index is 10.5. The first kappa shape index (κ1) is 22.9. The molecule has 0 aliphatic carbocycles. The molecule has 144 valence electrons. The summed E-state index contributed by atoms with van der Waals surface area (Å²) in [6.45, 7) is 5.65. The van der Waals surface area contributed by atoms with Gasteiger partial charge in [-0.25, -0.2) is 9.98 Å². The van der Waals surface area contributed by atoms with Crippen molar-refractivity contribution < 1.29 is 9.84 Å². The Hall–Kier alpha value is -1.10. The van der Waals surface area contributed by atoms with E-state index in [1.807, 2.05) is 24.4 Å². The van der Waals surface area contributed by atoms with Gasteiger partial charge >= 0.3 is 0 Å². The summed E-state index contributed by atoms with van der Waals surface area (Å²) in [7, 11) is 0. The first-order valence-corrected chi connectivity index (χ1v) is 9.30. The second kappa shape index (κ2) is 11.6. The molecule has 0 bridgehead atoms. The Bertz CT molecular complexity index is 683. The molecule has 0 amide bonds. The molecule has 2 aromatic rings. The summed E-state index contributed by atoms with van der Waals surface area (Å²) in [5, 5.41) is 19.3. The largest absolute Gasteiger partial charge is 0.475 e. The quantitative estimate of drug-likeness (QED) is 0.220. The molecular formula is C17H24ClIN4O2S. The van der Waals surface area contributed by atoms with Gasteiger partial charge in [-0.05, 0) is 37.4 Å². The number of rotatable bonds is 8. The summed E-state index contributed by atoms with van der Waals surface area (Å²) in [5.41, 5.74) is -0.992. The van der Waals surface area contributed by atoms with Gasteiger partial charge in [0.25, 0.3) is 0 Å². The fraction of sp³-hybridized carbons (Fsp3) is 0.412. The van der Waals surface area contributed by atoms with Crippen molar-refractivity contribution in [2.75, 3.05) is 26.2 Å². The molecule has 0 aliphatic rings. The lowest BCUT2D eigenvalue weighted by molar-refractivity contribution is 0.0711. The molecular weight excluding hydrogens is 487 g/mol. The van der Waals surface area contributed by atoms with E-state index in [4.69, 9.17) is 16.3 Å². The van der Waals surface area contributed by atoms with Crippen LogP contribution in [0, 0.1) is 0 Å². The van der Waals surface area contributed by atoms with E-state index in [1.165, 1.54) is 11.3 Å². The minimum absolute atomic E-state index is 0. The Morgan fingerprint density at radius 3 is 2.85 bits per heavy atom. The van der Waals surface area contributed by atoms with Crippen LogP contribution < -0.4 is 15.4 Å². The molecule has 26 heavy (non-hydrogen) atoms. The van der Waals surface area contributed by atoms with Gasteiger partial charge in [0.05, 0.1) is 13.1 Å². The minimum atomic E-state index is -0.992. The number of thiophene rings is 1. The van der Waals surface area contributed by atoms with Crippen LogP contribution in [0.4, 0.5) is 0 Å². The molecule has 0 saturated heterocycles. The lowest BCUT2D eigenvalue weighted by Crippen LogP contribution is -2.40. The summed E-state index contributed by atoms with van der Waals surface area (Å²) in [6, 6.07) is 7.31. The van der Waals surface area contributed by atoms with Crippen molar-refractivity contribution in [2.45, 2.75) is 19.4 Å². The van der Waals surface area contributed by atoms with E-state index in [0.29, 0.717) is 30.0 Å². The molecule has 0 fully saturated rings. The van der Waals surface area contributed by atoms with Crippen LogP contribution in [0.5, 0.6) is 5.88 Å². The number of pyridine rings is 1. The molecule has 6 nitrogen and oxygen atoms in total. The Kier molecular flexibility index (Phi) is 10.2. The van der Waals surface area contributed by atoms with Gasteiger partial charge in [0.15, 0.2) is 5.96 Å². The highest BCUT2D eigenvalue weighted by molar-refractivity contribution is 14.0. The van der Waals surface area contributed by atoms with Gasteiger partial charge in [0.2, 0.25) is 5.88 Å². The first-order chi connectivity index (χ1) is 12.0. The Morgan fingerprint density at radius 1 is 1.38 bits per heavy atom. The van der Waals surface area contributed by atoms with Gasteiger partial charge < -0.3 is 20.5 Å². The molecule has 3 N–H and O–H groups in total. The lowest BCUT2D eigenvalue weighted by atomic mass is 10.1. The smallest absolute Gasteiger partial charge is 0.232 e. The fourth-order valence-corrected chi connectivity index (χ4v) is 2.99. The monoisotopic (exact) mass is 510 g/mol. The average Bonchev–Trinajstić information content (AvgIpc) is 3.13. The van der Waals surface area contributed by atoms with Crippen molar-refractivity contribution >= 4 is 52.9 Å². The standard InChI is InChI=1S/C17H23ClN4O2S.HI/c1-3-19-16(22-12-17(2,23)14-7-5-11-25-14)21-9-10-24-15-13(18)6-4-8-20-15;/h4-8,11,23H,3,9-10,12H2,1-2H3,(H2,19,21,22);1H. The van der Waals surface area contributed by atoms with Crippen LogP contribution in [0.25, 0.3) is 0 Å². The number of hydrogen-bond donors (Lipinski definition) is 3. The normalized spacial score (nSPS) is 13.5.